The fraction of sp³-hybridized carbons (Fsp3) is 0.125. The topological polar surface area (TPSA) is 68.0 Å². The highest BCUT2D eigenvalue weighted by Crippen LogP contribution is 2.28. The number of aromatic nitrogens is 5. The lowest BCUT2D eigenvalue weighted by Crippen LogP contribution is -2.08. The molecule has 6 nitrogen and oxygen atoms in total. The van der Waals surface area contributed by atoms with Crippen molar-refractivity contribution in [2.45, 2.75) is 13.0 Å². The first-order valence-electron chi connectivity index (χ1n) is 7.36. The molecule has 3 aromatic heterocycles. The van der Waals surface area contributed by atoms with Gasteiger partial charge in [0.1, 0.15) is 15.8 Å². The molecule has 8 heteroatoms. The van der Waals surface area contributed by atoms with E-state index in [9.17, 15) is 0 Å². The van der Waals surface area contributed by atoms with Gasteiger partial charge in [0, 0.05) is 11.8 Å². The summed E-state index contributed by atoms with van der Waals surface area (Å²) in [4.78, 5) is 4.56. The van der Waals surface area contributed by atoms with Gasteiger partial charge in [-0.2, -0.15) is 5.10 Å². The Morgan fingerprint density at radius 2 is 2.00 bits per heavy atom. The highest BCUT2D eigenvalue weighted by atomic mass is 79.9. The van der Waals surface area contributed by atoms with E-state index < -0.39 is 0 Å². The van der Waals surface area contributed by atoms with Crippen LogP contribution in [0, 0.1) is 0 Å². The van der Waals surface area contributed by atoms with Crippen LogP contribution in [0.2, 0.25) is 0 Å². The fourth-order valence-corrected chi connectivity index (χ4v) is 3.52. The zero-order valence-corrected chi connectivity index (χ0v) is 15.1. The van der Waals surface area contributed by atoms with Crippen LogP contribution in [0.15, 0.2) is 53.3 Å². The van der Waals surface area contributed by atoms with Gasteiger partial charge in [0.25, 0.3) is 0 Å². The molecule has 4 aromatic rings. The number of nitrogens with one attached hydrogen (secondary N) is 1. The number of halogens is 1. The quantitative estimate of drug-likeness (QED) is 0.556. The molecule has 1 N–H and O–H groups in total. The van der Waals surface area contributed by atoms with Crippen LogP contribution in [0.4, 0.5) is 5.82 Å². The van der Waals surface area contributed by atoms with Crippen LogP contribution in [0.25, 0.3) is 16.2 Å². The Morgan fingerprint density at radius 3 is 2.83 bits per heavy atom. The highest BCUT2D eigenvalue weighted by molar-refractivity contribution is 9.10. The molecule has 0 radical (unpaired) electrons. The first kappa shape index (κ1) is 15.2. The minimum Gasteiger partial charge on any atom is -0.361 e. The Balaban J connectivity index is 1.56. The molecular formula is C16H13BrN6S. The minimum absolute atomic E-state index is 0.0107. The molecule has 0 saturated heterocycles. The van der Waals surface area contributed by atoms with E-state index in [2.05, 4.69) is 41.5 Å². The van der Waals surface area contributed by atoms with Gasteiger partial charge in [-0.25, -0.2) is 9.50 Å². The maximum atomic E-state index is 4.56. The number of benzene rings is 1. The Labute approximate surface area is 150 Å². The molecule has 0 amide bonds. The monoisotopic (exact) mass is 400 g/mol. The van der Waals surface area contributed by atoms with Crippen LogP contribution in [-0.4, -0.2) is 24.8 Å². The smallest absolute Gasteiger partial charge is 0.171 e. The van der Waals surface area contributed by atoms with Crippen LogP contribution in [-0.2, 0) is 0 Å². The molecule has 0 bridgehead atoms. The van der Waals surface area contributed by atoms with Gasteiger partial charge >= 0.3 is 0 Å². The zero-order chi connectivity index (χ0) is 16.5. The van der Waals surface area contributed by atoms with Gasteiger partial charge in [0.2, 0.25) is 0 Å². The average Bonchev–Trinajstić information content (AvgIpc) is 3.24. The van der Waals surface area contributed by atoms with Gasteiger partial charge in [-0.1, -0.05) is 41.7 Å². The molecule has 120 valence electrons. The summed E-state index contributed by atoms with van der Waals surface area (Å²) in [6.07, 6.45) is 3.60. The van der Waals surface area contributed by atoms with Gasteiger partial charge in [0.05, 0.1) is 16.7 Å². The van der Waals surface area contributed by atoms with Gasteiger partial charge in [0.15, 0.2) is 5.65 Å². The molecule has 0 aliphatic heterocycles. The summed E-state index contributed by atoms with van der Waals surface area (Å²) in [5.41, 5.74) is 1.85. The van der Waals surface area contributed by atoms with Crippen molar-refractivity contribution in [1.82, 2.24) is 24.8 Å². The van der Waals surface area contributed by atoms with E-state index in [0.29, 0.717) is 0 Å². The Bertz CT molecular complexity index is 981. The largest absolute Gasteiger partial charge is 0.361 e. The first-order chi connectivity index (χ1) is 11.7. The van der Waals surface area contributed by atoms with E-state index >= 15 is 0 Å². The predicted octanol–water partition coefficient (Wildman–Crippen LogP) is 4.18. The SMILES string of the molecule is CC(Nc1ccn2ncc(Br)c2n1)c1nnc(-c2ccccc2)s1. The lowest BCUT2D eigenvalue weighted by atomic mass is 10.2. The summed E-state index contributed by atoms with van der Waals surface area (Å²) in [5.74, 6) is 0.771. The molecule has 0 spiro atoms. The van der Waals surface area contributed by atoms with Crippen molar-refractivity contribution in [1.29, 1.82) is 0 Å². The number of hydrogen-bond acceptors (Lipinski definition) is 6. The minimum atomic E-state index is 0.0107. The second kappa shape index (κ2) is 6.29. The second-order valence-electron chi connectivity index (χ2n) is 5.25. The third-order valence-electron chi connectivity index (χ3n) is 3.52. The van der Waals surface area contributed by atoms with Gasteiger partial charge in [-0.15, -0.1) is 10.2 Å². The molecule has 0 aliphatic carbocycles. The summed E-state index contributed by atoms with van der Waals surface area (Å²) in [5, 5.41) is 18.0. The van der Waals surface area contributed by atoms with Crippen molar-refractivity contribution in [3.8, 4) is 10.6 Å². The van der Waals surface area contributed by atoms with E-state index in [1.807, 2.05) is 49.5 Å². The third kappa shape index (κ3) is 2.90. The van der Waals surface area contributed by atoms with Crippen LogP contribution in [0.1, 0.15) is 18.0 Å². The molecule has 1 aromatic carbocycles. The molecule has 1 unspecified atom stereocenters. The van der Waals surface area contributed by atoms with E-state index in [-0.39, 0.29) is 6.04 Å². The summed E-state index contributed by atoms with van der Waals surface area (Å²) in [6, 6.07) is 12.0. The van der Waals surface area contributed by atoms with Crippen molar-refractivity contribution in [3.63, 3.8) is 0 Å². The Hall–Kier alpha value is -2.32. The lowest BCUT2D eigenvalue weighted by molar-refractivity contribution is 0.830. The number of hydrogen-bond donors (Lipinski definition) is 1. The summed E-state index contributed by atoms with van der Waals surface area (Å²) in [7, 11) is 0. The number of anilines is 1. The Morgan fingerprint density at radius 1 is 1.17 bits per heavy atom. The molecular weight excluding hydrogens is 388 g/mol. The maximum absolute atomic E-state index is 4.56. The van der Waals surface area contributed by atoms with Crippen LogP contribution in [0.5, 0.6) is 0 Å². The third-order valence-corrected chi connectivity index (χ3v) is 5.24. The standard InChI is InChI=1S/C16H13BrN6S/c1-10(15-21-22-16(24-15)11-5-3-2-4-6-11)19-13-7-8-23-14(20-13)12(17)9-18-23/h2-10H,1H3,(H,19,20). The molecule has 0 fully saturated rings. The number of nitrogens with zero attached hydrogens (tertiary/aromatic N) is 5. The van der Waals surface area contributed by atoms with Crippen molar-refractivity contribution in [2.24, 2.45) is 0 Å². The first-order valence-corrected chi connectivity index (χ1v) is 8.97. The van der Waals surface area contributed by atoms with E-state index in [1.54, 1.807) is 22.0 Å². The summed E-state index contributed by atoms with van der Waals surface area (Å²) in [6.45, 7) is 2.05. The lowest BCUT2D eigenvalue weighted by Gasteiger charge is -2.11. The zero-order valence-electron chi connectivity index (χ0n) is 12.7. The number of fused-ring (bicyclic) bond motifs is 1. The Kier molecular flexibility index (Phi) is 3.99. The van der Waals surface area contributed by atoms with E-state index in [1.165, 1.54) is 0 Å². The molecule has 24 heavy (non-hydrogen) atoms. The van der Waals surface area contributed by atoms with Crippen molar-refractivity contribution < 1.29 is 0 Å². The van der Waals surface area contributed by atoms with Crippen LogP contribution >= 0.6 is 27.3 Å². The molecule has 4 rings (SSSR count). The second-order valence-corrected chi connectivity index (χ2v) is 7.11. The highest BCUT2D eigenvalue weighted by Gasteiger charge is 2.14. The molecule has 0 saturated carbocycles. The van der Waals surface area contributed by atoms with Crippen molar-refractivity contribution in [2.75, 3.05) is 5.32 Å². The summed E-state index contributed by atoms with van der Waals surface area (Å²) >= 11 is 5.03. The molecule has 3 heterocycles. The average molecular weight is 401 g/mol. The van der Waals surface area contributed by atoms with E-state index in [4.69, 9.17) is 0 Å². The normalized spacial score (nSPS) is 12.4. The molecule has 1 atom stereocenters. The van der Waals surface area contributed by atoms with Crippen LogP contribution < -0.4 is 5.32 Å². The van der Waals surface area contributed by atoms with Gasteiger partial charge < -0.3 is 5.32 Å². The summed E-state index contributed by atoms with van der Waals surface area (Å²) < 4.78 is 2.58. The van der Waals surface area contributed by atoms with Gasteiger partial charge in [-0.3, -0.25) is 0 Å². The predicted molar refractivity (Wildman–Crippen MR) is 98.1 cm³/mol. The van der Waals surface area contributed by atoms with E-state index in [0.717, 1.165) is 31.5 Å². The van der Waals surface area contributed by atoms with Crippen molar-refractivity contribution in [3.05, 3.63) is 58.3 Å². The molecule has 0 aliphatic rings. The number of rotatable bonds is 4. The van der Waals surface area contributed by atoms with Crippen molar-refractivity contribution >= 4 is 38.7 Å². The maximum Gasteiger partial charge on any atom is 0.171 e. The van der Waals surface area contributed by atoms with Gasteiger partial charge in [-0.05, 0) is 28.9 Å². The fourth-order valence-electron chi connectivity index (χ4n) is 2.31. The van der Waals surface area contributed by atoms with Crippen LogP contribution in [0.3, 0.4) is 0 Å².